The third-order valence-electron chi connectivity index (χ3n) is 5.36. The van der Waals surface area contributed by atoms with Crippen molar-refractivity contribution in [1.82, 2.24) is 14.6 Å². The molecule has 1 aromatic carbocycles. The number of benzene rings is 1. The Bertz CT molecular complexity index is 1390. The van der Waals surface area contributed by atoms with E-state index in [-0.39, 0.29) is 5.75 Å². The minimum Gasteiger partial charge on any atom is -0.428 e. The quantitative estimate of drug-likeness (QED) is 0.116. The zero-order valence-corrected chi connectivity index (χ0v) is 21.6. The second-order valence-corrected chi connectivity index (χ2v) is 9.92. The molecule has 2 heterocycles. The van der Waals surface area contributed by atoms with E-state index < -0.39 is 74.4 Å². The molecule has 2 unspecified atom stereocenters. The summed E-state index contributed by atoms with van der Waals surface area (Å²) >= 11 is 0. The van der Waals surface area contributed by atoms with E-state index in [1.54, 1.807) is 18.2 Å². The predicted molar refractivity (Wildman–Crippen MR) is 131 cm³/mol. The Labute approximate surface area is 221 Å². The van der Waals surface area contributed by atoms with Gasteiger partial charge in [0.15, 0.2) is 11.8 Å². The SMILES string of the molecule is C#C[C@]1(O)C(n2ccc(=O)[nH]c2=O)O[C@H](COP(=O)(N[C@@H](C)C(=O)OCOC(C)=O)Oc2ccccc2)[C@H]1O. The van der Waals surface area contributed by atoms with Crippen molar-refractivity contribution < 1.29 is 47.6 Å². The highest BCUT2D eigenvalue weighted by atomic mass is 31.2. The van der Waals surface area contributed by atoms with Crippen LogP contribution in [0.3, 0.4) is 0 Å². The first-order chi connectivity index (χ1) is 18.4. The third kappa shape index (κ3) is 7.21. The lowest BCUT2D eigenvalue weighted by Gasteiger charge is -2.26. The van der Waals surface area contributed by atoms with Crippen molar-refractivity contribution in [2.24, 2.45) is 0 Å². The summed E-state index contributed by atoms with van der Waals surface area (Å²) in [5.41, 5.74) is -4.15. The van der Waals surface area contributed by atoms with Crippen molar-refractivity contribution >= 4 is 19.7 Å². The summed E-state index contributed by atoms with van der Waals surface area (Å²) in [5, 5.41) is 24.0. The van der Waals surface area contributed by atoms with Gasteiger partial charge in [-0.05, 0) is 19.1 Å². The second kappa shape index (κ2) is 12.4. The monoisotopic (exact) mass is 567 g/mol. The molecule has 1 fully saturated rings. The normalized spacial score (nSPS) is 24.6. The van der Waals surface area contributed by atoms with Crippen LogP contribution in [0, 0.1) is 12.3 Å². The summed E-state index contributed by atoms with van der Waals surface area (Å²) in [6.45, 7) is 0.996. The molecular weight excluding hydrogens is 541 g/mol. The molecule has 0 radical (unpaired) electrons. The van der Waals surface area contributed by atoms with Crippen molar-refractivity contribution in [3.05, 3.63) is 63.4 Å². The van der Waals surface area contributed by atoms with Gasteiger partial charge in [-0.25, -0.2) is 9.36 Å². The average molecular weight is 567 g/mol. The van der Waals surface area contributed by atoms with Gasteiger partial charge in [0.05, 0.1) is 6.61 Å². The maximum Gasteiger partial charge on any atom is 0.459 e. The molecule has 0 bridgehead atoms. The standard InChI is InChI=1S/C23H26N3O12P/c1-4-23(32)19(29)17(37-21(23)26-11-10-18(28)24-22(26)31)12-36-39(33,38-16-8-6-5-7-9-16)25-14(2)20(30)35-13-34-15(3)27/h1,5-11,14,17,19,21,29,32H,12-13H2,2-3H3,(H,25,33)(H,24,28,31)/t14-,17+,19+,21?,23+,39?/m0/s1. The smallest absolute Gasteiger partial charge is 0.428 e. The van der Waals surface area contributed by atoms with E-state index in [4.69, 9.17) is 24.9 Å². The van der Waals surface area contributed by atoms with Crippen LogP contribution >= 0.6 is 7.75 Å². The van der Waals surface area contributed by atoms with Gasteiger partial charge in [-0.15, -0.1) is 6.42 Å². The summed E-state index contributed by atoms with van der Waals surface area (Å²) in [6.07, 6.45) is 1.46. The minimum atomic E-state index is -4.44. The summed E-state index contributed by atoms with van der Waals surface area (Å²) < 4.78 is 40.2. The van der Waals surface area contributed by atoms with E-state index in [9.17, 15) is 34.0 Å². The Morgan fingerprint density at radius 3 is 2.59 bits per heavy atom. The molecule has 0 amide bonds. The van der Waals surface area contributed by atoms with E-state index in [0.717, 1.165) is 23.8 Å². The van der Waals surface area contributed by atoms with Crippen LogP contribution < -0.4 is 20.9 Å². The zero-order valence-electron chi connectivity index (χ0n) is 20.7. The molecule has 6 atom stereocenters. The zero-order chi connectivity index (χ0) is 28.8. The largest absolute Gasteiger partial charge is 0.459 e. The van der Waals surface area contributed by atoms with E-state index in [1.807, 2.05) is 10.9 Å². The number of carbonyl (C=O) groups is 2. The number of terminal acetylenes is 1. The Kier molecular flexibility index (Phi) is 9.46. The second-order valence-electron chi connectivity index (χ2n) is 8.22. The maximum atomic E-state index is 13.6. The molecule has 16 heteroatoms. The summed E-state index contributed by atoms with van der Waals surface area (Å²) in [5.74, 6) is 0.415. The fourth-order valence-electron chi connectivity index (χ4n) is 3.42. The first-order valence-corrected chi connectivity index (χ1v) is 12.8. The number of hydrogen-bond acceptors (Lipinski definition) is 12. The number of para-hydroxylation sites is 1. The van der Waals surface area contributed by atoms with Gasteiger partial charge in [-0.3, -0.25) is 28.5 Å². The number of ether oxygens (including phenoxy) is 3. The fourth-order valence-corrected chi connectivity index (χ4v) is 4.92. The first kappa shape index (κ1) is 29.8. The number of aromatic nitrogens is 2. The summed E-state index contributed by atoms with van der Waals surface area (Å²) in [7, 11) is -4.44. The maximum absolute atomic E-state index is 13.6. The van der Waals surface area contributed by atoms with Crippen LogP contribution in [0.5, 0.6) is 5.75 Å². The average Bonchev–Trinajstić information content (AvgIpc) is 3.13. The Balaban J connectivity index is 1.80. The van der Waals surface area contributed by atoms with Crippen molar-refractivity contribution in [3.63, 3.8) is 0 Å². The number of esters is 2. The van der Waals surface area contributed by atoms with Gasteiger partial charge < -0.3 is 28.9 Å². The van der Waals surface area contributed by atoms with Gasteiger partial charge in [0, 0.05) is 19.2 Å². The number of H-pyrrole nitrogens is 1. The molecule has 1 aliphatic rings. The van der Waals surface area contributed by atoms with Crippen molar-refractivity contribution in [3.8, 4) is 18.1 Å². The third-order valence-corrected chi connectivity index (χ3v) is 7.01. The Hall–Kier alpha value is -3.77. The number of rotatable bonds is 11. The number of carbonyl (C=O) groups excluding carboxylic acids is 2. The highest BCUT2D eigenvalue weighted by Gasteiger charge is 2.56. The molecule has 210 valence electrons. The molecule has 39 heavy (non-hydrogen) atoms. The molecule has 4 N–H and O–H groups in total. The highest BCUT2D eigenvalue weighted by Crippen LogP contribution is 2.46. The summed E-state index contributed by atoms with van der Waals surface area (Å²) in [6, 6.07) is 7.42. The van der Waals surface area contributed by atoms with Gasteiger partial charge in [0.1, 0.15) is 24.0 Å². The van der Waals surface area contributed by atoms with E-state index in [0.29, 0.717) is 0 Å². The number of nitrogens with zero attached hydrogens (tertiary/aromatic N) is 1. The topological polar surface area (TPSA) is 205 Å². The van der Waals surface area contributed by atoms with Gasteiger partial charge >= 0.3 is 25.4 Å². The van der Waals surface area contributed by atoms with E-state index in [1.165, 1.54) is 19.1 Å². The van der Waals surface area contributed by atoms with Crippen LogP contribution in [0.15, 0.2) is 52.2 Å². The molecule has 0 saturated carbocycles. The molecule has 1 saturated heterocycles. The number of nitrogens with one attached hydrogen (secondary N) is 2. The number of aromatic amines is 1. The molecule has 2 aromatic rings. The van der Waals surface area contributed by atoms with Crippen LogP contribution in [-0.2, 0) is 32.9 Å². The van der Waals surface area contributed by atoms with Crippen LogP contribution in [0.2, 0.25) is 0 Å². The summed E-state index contributed by atoms with van der Waals surface area (Å²) in [4.78, 5) is 48.8. The van der Waals surface area contributed by atoms with E-state index >= 15 is 0 Å². The van der Waals surface area contributed by atoms with E-state index in [2.05, 4.69) is 9.82 Å². The van der Waals surface area contributed by atoms with Gasteiger partial charge in [0.2, 0.25) is 6.79 Å². The molecule has 3 rings (SSSR count). The lowest BCUT2D eigenvalue weighted by molar-refractivity contribution is -0.166. The van der Waals surface area contributed by atoms with Gasteiger partial charge in [0.25, 0.3) is 5.56 Å². The molecule has 0 aliphatic carbocycles. The molecule has 1 aromatic heterocycles. The number of aliphatic hydroxyl groups excluding tert-OH is 1. The lowest BCUT2D eigenvalue weighted by atomic mass is 9.95. The van der Waals surface area contributed by atoms with Gasteiger partial charge in [-0.2, -0.15) is 5.09 Å². The molecule has 15 nitrogen and oxygen atoms in total. The molecule has 0 spiro atoms. The Morgan fingerprint density at radius 2 is 1.97 bits per heavy atom. The van der Waals surface area contributed by atoms with Crippen molar-refractivity contribution in [2.45, 2.75) is 43.9 Å². The van der Waals surface area contributed by atoms with Gasteiger partial charge in [-0.1, -0.05) is 24.1 Å². The fraction of sp³-hybridized carbons (Fsp3) is 0.391. The molecular formula is C23H26N3O12P. The lowest BCUT2D eigenvalue weighted by Crippen LogP contribution is -2.48. The predicted octanol–water partition coefficient (Wildman–Crippen LogP) is -0.595. The highest BCUT2D eigenvalue weighted by molar-refractivity contribution is 7.52. The molecule has 1 aliphatic heterocycles. The first-order valence-electron chi connectivity index (χ1n) is 11.3. The number of aliphatic hydroxyl groups is 2. The Morgan fingerprint density at radius 1 is 1.28 bits per heavy atom. The number of hydrogen-bond donors (Lipinski definition) is 4. The van der Waals surface area contributed by atoms with Crippen LogP contribution in [0.4, 0.5) is 0 Å². The van der Waals surface area contributed by atoms with Crippen LogP contribution in [0.1, 0.15) is 20.1 Å². The minimum absolute atomic E-state index is 0.0829. The van der Waals surface area contributed by atoms with Crippen molar-refractivity contribution in [2.75, 3.05) is 13.4 Å². The van der Waals surface area contributed by atoms with Crippen molar-refractivity contribution in [1.29, 1.82) is 0 Å². The van der Waals surface area contributed by atoms with Crippen LogP contribution in [0.25, 0.3) is 0 Å². The van der Waals surface area contributed by atoms with Crippen LogP contribution in [-0.4, -0.2) is 69.0 Å².